The van der Waals surface area contributed by atoms with Crippen LogP contribution < -0.4 is 0 Å². The van der Waals surface area contributed by atoms with Crippen molar-refractivity contribution in [3.63, 3.8) is 0 Å². The summed E-state index contributed by atoms with van der Waals surface area (Å²) in [4.78, 5) is 6.53. The van der Waals surface area contributed by atoms with Crippen LogP contribution in [-0.4, -0.2) is 33.1 Å². The monoisotopic (exact) mass is 510 g/mol. The van der Waals surface area contributed by atoms with Crippen LogP contribution >= 0.6 is 22.3 Å². The minimum atomic E-state index is -4.91. The lowest BCUT2D eigenvalue weighted by atomic mass is 10.0. The second-order valence-electron chi connectivity index (χ2n) is 6.32. The van der Waals surface area contributed by atoms with Crippen LogP contribution in [0, 0.1) is 0 Å². The largest absolute Gasteiger partial charge is 0.451 e. The number of aromatic nitrogens is 2. The molecule has 0 aliphatic heterocycles. The van der Waals surface area contributed by atoms with Crippen LogP contribution in [0.3, 0.4) is 0 Å². The van der Waals surface area contributed by atoms with Gasteiger partial charge in [0, 0.05) is 28.1 Å². The number of halogens is 5. The second-order valence-corrected chi connectivity index (χ2v) is 11.3. The van der Waals surface area contributed by atoms with Crippen LogP contribution in [0.15, 0.2) is 58.3 Å². The van der Waals surface area contributed by atoms with E-state index in [1.165, 1.54) is 42.5 Å². The molecule has 164 valence electrons. The molecule has 0 aliphatic rings. The molecular weight excluding hydrogens is 500 g/mol. The molecule has 0 radical (unpaired) electrons. The van der Waals surface area contributed by atoms with Gasteiger partial charge in [0.15, 0.2) is 9.84 Å². The number of rotatable bonds is 4. The summed E-state index contributed by atoms with van der Waals surface area (Å²) in [5.74, 6) is -1.51. The lowest BCUT2D eigenvalue weighted by Gasteiger charge is -2.15. The van der Waals surface area contributed by atoms with Gasteiger partial charge in [-0.1, -0.05) is 35.9 Å². The lowest BCUT2D eigenvalue weighted by molar-refractivity contribution is -0.144. The van der Waals surface area contributed by atoms with Gasteiger partial charge in [-0.3, -0.25) is 0 Å². The third-order valence-corrected chi connectivity index (χ3v) is 6.83. The Hall–Kier alpha value is -2.21. The van der Waals surface area contributed by atoms with E-state index < -0.39 is 36.0 Å². The first kappa shape index (κ1) is 23.5. The molecule has 0 N–H and O–H groups in total. The van der Waals surface area contributed by atoms with Crippen molar-refractivity contribution in [1.82, 2.24) is 9.97 Å². The predicted octanol–water partition coefficient (Wildman–Crippen LogP) is 4.81. The molecule has 13 heteroatoms. The standard InChI is InChI=1S/C18H11Cl2F3N2O4S2/c1-30(26,27)12-7-5-10(6-8-12)15-14(16(19)25-17(24-15)18(21,22)23)11-3-2-4-13(9-11)31(20,28)29/h2-9H,1H3. The quantitative estimate of drug-likeness (QED) is 0.369. The predicted molar refractivity (Wildman–Crippen MR) is 109 cm³/mol. The molecule has 0 saturated heterocycles. The number of hydrogen-bond acceptors (Lipinski definition) is 6. The van der Waals surface area contributed by atoms with Crippen molar-refractivity contribution in [2.45, 2.75) is 16.0 Å². The van der Waals surface area contributed by atoms with Gasteiger partial charge < -0.3 is 0 Å². The fourth-order valence-corrected chi connectivity index (χ4v) is 4.39. The van der Waals surface area contributed by atoms with E-state index in [1.54, 1.807) is 0 Å². The van der Waals surface area contributed by atoms with Gasteiger partial charge in [0.05, 0.1) is 15.5 Å². The van der Waals surface area contributed by atoms with Gasteiger partial charge in [-0.15, -0.1) is 0 Å². The Balaban J connectivity index is 2.32. The number of alkyl halides is 3. The van der Waals surface area contributed by atoms with Gasteiger partial charge in [0.1, 0.15) is 5.15 Å². The van der Waals surface area contributed by atoms with E-state index in [9.17, 15) is 30.0 Å². The summed E-state index contributed by atoms with van der Waals surface area (Å²) in [7, 11) is -2.32. The highest BCUT2D eigenvalue weighted by Gasteiger charge is 2.36. The van der Waals surface area contributed by atoms with E-state index in [-0.39, 0.29) is 32.2 Å². The van der Waals surface area contributed by atoms with Gasteiger partial charge >= 0.3 is 6.18 Å². The molecule has 0 fully saturated rings. The van der Waals surface area contributed by atoms with Crippen LogP contribution in [0.25, 0.3) is 22.4 Å². The topological polar surface area (TPSA) is 94.1 Å². The van der Waals surface area contributed by atoms with Crippen LogP contribution in [0.2, 0.25) is 5.15 Å². The number of nitrogens with zero attached hydrogens (tertiary/aromatic N) is 2. The molecule has 3 aromatic rings. The van der Waals surface area contributed by atoms with E-state index >= 15 is 0 Å². The number of hydrogen-bond donors (Lipinski definition) is 0. The maximum Gasteiger partial charge on any atom is 0.451 e. The maximum atomic E-state index is 13.3. The van der Waals surface area contributed by atoms with Gasteiger partial charge in [-0.05, 0) is 29.8 Å². The lowest BCUT2D eigenvalue weighted by Crippen LogP contribution is -2.13. The highest BCUT2D eigenvalue weighted by atomic mass is 35.7. The molecule has 0 unspecified atom stereocenters. The van der Waals surface area contributed by atoms with Gasteiger partial charge in [0.2, 0.25) is 5.82 Å². The zero-order chi connectivity index (χ0) is 23.2. The highest BCUT2D eigenvalue weighted by molar-refractivity contribution is 8.13. The molecule has 0 amide bonds. The summed E-state index contributed by atoms with van der Waals surface area (Å²) in [5.41, 5.74) is -0.139. The fraction of sp³-hybridized carbons (Fsp3) is 0.111. The maximum absolute atomic E-state index is 13.3. The van der Waals surface area contributed by atoms with Crippen LogP contribution in [0.4, 0.5) is 13.2 Å². The third-order valence-electron chi connectivity index (χ3n) is 4.08. The summed E-state index contributed by atoms with van der Waals surface area (Å²) in [6.07, 6.45) is -3.93. The van der Waals surface area contributed by atoms with Crippen molar-refractivity contribution >= 4 is 41.2 Å². The Morgan fingerprint density at radius 3 is 2.00 bits per heavy atom. The molecule has 0 aliphatic carbocycles. The zero-order valence-corrected chi connectivity index (χ0v) is 18.5. The summed E-state index contributed by atoms with van der Waals surface area (Å²) in [5, 5.41) is -0.575. The molecule has 6 nitrogen and oxygen atoms in total. The molecule has 0 bridgehead atoms. The number of benzene rings is 2. The normalized spacial score (nSPS) is 12.7. The van der Waals surface area contributed by atoms with Gasteiger partial charge in [0.25, 0.3) is 9.05 Å². The van der Waals surface area contributed by atoms with Crippen LogP contribution in [0.1, 0.15) is 5.82 Å². The first-order chi connectivity index (χ1) is 14.2. The van der Waals surface area contributed by atoms with Gasteiger partial charge in [-0.25, -0.2) is 26.8 Å². The minimum absolute atomic E-state index is 0.0516. The summed E-state index contributed by atoms with van der Waals surface area (Å²) >= 11 is 6.07. The van der Waals surface area contributed by atoms with E-state index in [0.717, 1.165) is 12.3 Å². The van der Waals surface area contributed by atoms with E-state index in [4.69, 9.17) is 22.3 Å². The first-order valence-electron chi connectivity index (χ1n) is 8.18. The van der Waals surface area contributed by atoms with Crippen molar-refractivity contribution in [3.05, 3.63) is 59.5 Å². The van der Waals surface area contributed by atoms with Crippen molar-refractivity contribution in [2.24, 2.45) is 0 Å². The Labute approximate surface area is 185 Å². The van der Waals surface area contributed by atoms with E-state index in [2.05, 4.69) is 9.97 Å². The summed E-state index contributed by atoms with van der Waals surface area (Å²) in [6.45, 7) is 0. The molecular formula is C18H11Cl2F3N2O4S2. The fourth-order valence-electron chi connectivity index (χ4n) is 2.69. The molecule has 1 aromatic heterocycles. The molecule has 0 spiro atoms. The molecule has 31 heavy (non-hydrogen) atoms. The van der Waals surface area contributed by atoms with E-state index in [0.29, 0.717) is 0 Å². The third kappa shape index (κ3) is 5.17. The molecule has 2 aromatic carbocycles. The minimum Gasteiger partial charge on any atom is -0.224 e. The number of sulfone groups is 1. The summed E-state index contributed by atoms with van der Waals surface area (Å²) < 4.78 is 86.5. The van der Waals surface area contributed by atoms with Crippen molar-refractivity contribution < 1.29 is 30.0 Å². The van der Waals surface area contributed by atoms with Crippen LogP contribution in [-0.2, 0) is 25.1 Å². The summed E-state index contributed by atoms with van der Waals surface area (Å²) in [6, 6.07) is 9.99. The zero-order valence-electron chi connectivity index (χ0n) is 15.4. The molecule has 3 rings (SSSR count). The Morgan fingerprint density at radius 1 is 0.871 bits per heavy atom. The van der Waals surface area contributed by atoms with Crippen molar-refractivity contribution in [3.8, 4) is 22.4 Å². The van der Waals surface area contributed by atoms with Crippen molar-refractivity contribution in [1.29, 1.82) is 0 Å². The second kappa shape index (κ2) is 8.05. The molecule has 1 heterocycles. The molecule has 0 atom stereocenters. The van der Waals surface area contributed by atoms with E-state index in [1.807, 2.05) is 0 Å². The Morgan fingerprint density at radius 2 is 1.48 bits per heavy atom. The Kier molecular flexibility index (Phi) is 6.09. The van der Waals surface area contributed by atoms with Crippen molar-refractivity contribution in [2.75, 3.05) is 6.26 Å². The first-order valence-corrected chi connectivity index (χ1v) is 12.8. The smallest absolute Gasteiger partial charge is 0.224 e. The molecule has 0 saturated carbocycles. The van der Waals surface area contributed by atoms with Crippen LogP contribution in [0.5, 0.6) is 0 Å². The SMILES string of the molecule is CS(=O)(=O)c1ccc(-c2nc(C(F)(F)F)nc(Cl)c2-c2cccc(S(=O)(=O)Cl)c2)cc1. The highest BCUT2D eigenvalue weighted by Crippen LogP contribution is 2.39. The van der Waals surface area contributed by atoms with Gasteiger partial charge in [-0.2, -0.15) is 13.2 Å². The average Bonchev–Trinajstić information content (AvgIpc) is 2.65. The Bertz CT molecular complexity index is 1380. The average molecular weight is 511 g/mol.